The van der Waals surface area contributed by atoms with Crippen LogP contribution in [0.5, 0.6) is 0 Å². The zero-order chi connectivity index (χ0) is 9.19. The maximum atomic E-state index is 10.5. The predicted molar refractivity (Wildman–Crippen MR) is 52.5 cm³/mol. The Morgan fingerprint density at radius 2 is 1.67 bits per heavy atom. The van der Waals surface area contributed by atoms with Gasteiger partial charge >= 0.3 is 0 Å². The van der Waals surface area contributed by atoms with Crippen LogP contribution < -0.4 is 0 Å². The summed E-state index contributed by atoms with van der Waals surface area (Å²) < 4.78 is 29.6. The average molecular weight is 240 g/mol. The van der Waals surface area contributed by atoms with Crippen molar-refractivity contribution in [2.24, 2.45) is 0 Å². The molecule has 0 heterocycles. The third-order valence-corrected chi connectivity index (χ3v) is 2.14. The first-order valence-corrected chi connectivity index (χ1v) is 4.51. The molecule has 0 radical (unpaired) electrons. The Balaban J connectivity index is -0.000000480. The molecule has 0 aliphatic heterocycles. The van der Waals surface area contributed by atoms with Crippen LogP contribution in [0.25, 0.3) is 0 Å². The van der Waals surface area contributed by atoms with Gasteiger partial charge in [-0.3, -0.25) is 9.35 Å². The quantitative estimate of drug-likeness (QED) is 0.479. The number of hydrogen-bond donors (Lipinski definition) is 1. The van der Waals surface area contributed by atoms with Crippen LogP contribution in [-0.2, 0) is 10.1 Å². The zero-order valence-corrected chi connectivity index (χ0v) is 8.28. The summed E-state index contributed by atoms with van der Waals surface area (Å²) >= 11 is 0. The van der Waals surface area contributed by atoms with Gasteiger partial charge in [0.05, 0.1) is 4.90 Å². The van der Waals surface area contributed by atoms with Crippen LogP contribution in [-0.4, -0.2) is 35.7 Å². The topological polar surface area (TPSA) is 166 Å². The molecule has 0 unspecified atom stereocenters. The molecule has 0 spiro atoms. The first-order chi connectivity index (χ1) is 5.54. The van der Waals surface area contributed by atoms with Gasteiger partial charge in [0.1, 0.15) is 6.29 Å². The van der Waals surface area contributed by atoms with Crippen LogP contribution >= 0.6 is 0 Å². The van der Waals surface area contributed by atoms with Crippen LogP contribution in [0.1, 0.15) is 10.4 Å². The lowest BCUT2D eigenvalue weighted by molar-refractivity contribution is 0.112. The Morgan fingerprint density at radius 3 is 2.07 bits per heavy atom. The van der Waals surface area contributed by atoms with E-state index in [0.29, 0.717) is 6.29 Å². The molecule has 0 aromatic heterocycles. The summed E-state index contributed by atoms with van der Waals surface area (Å²) in [6, 6.07) is 5.14. The second-order valence-electron chi connectivity index (χ2n) is 2.17. The molecule has 1 rings (SSSR count). The zero-order valence-electron chi connectivity index (χ0n) is 7.47. The Hall–Kier alpha value is -1.32. The molecule has 1 aromatic carbocycles. The molecule has 0 aliphatic rings. The number of carbonyl (C=O) groups excluding carboxylic acids is 1. The largest absolute Gasteiger partial charge is 0.412 e. The van der Waals surface area contributed by atoms with Gasteiger partial charge in [-0.1, -0.05) is 12.1 Å². The minimum atomic E-state index is -4.19. The van der Waals surface area contributed by atoms with E-state index in [1.807, 2.05) is 0 Å². The van der Waals surface area contributed by atoms with Crippen molar-refractivity contribution in [2.45, 2.75) is 4.90 Å². The van der Waals surface area contributed by atoms with Gasteiger partial charge in [-0.05, 0) is 12.1 Å². The number of rotatable bonds is 2. The maximum absolute atomic E-state index is 10.5. The molecule has 88 valence electrons. The van der Waals surface area contributed by atoms with Crippen molar-refractivity contribution < 1.29 is 34.2 Å². The first kappa shape index (κ1) is 19.3. The molecule has 0 amide bonds. The Kier molecular flexibility index (Phi) is 9.04. The summed E-state index contributed by atoms with van der Waals surface area (Å²) in [6.45, 7) is 0. The van der Waals surface area contributed by atoms with Gasteiger partial charge in [0.2, 0.25) is 0 Å². The monoisotopic (exact) mass is 240 g/mol. The molecule has 0 fully saturated rings. The molecule has 15 heavy (non-hydrogen) atoms. The second-order valence-corrected chi connectivity index (χ2v) is 3.59. The van der Waals surface area contributed by atoms with Crippen LogP contribution in [0.3, 0.4) is 0 Å². The fourth-order valence-corrected chi connectivity index (χ4v) is 1.28. The Labute approximate surface area is 86.0 Å². The van der Waals surface area contributed by atoms with Crippen LogP contribution in [0, 0.1) is 0 Å². The van der Waals surface area contributed by atoms with E-state index >= 15 is 0 Å². The molecule has 8 heteroatoms. The molecule has 0 bridgehead atoms. The van der Waals surface area contributed by atoms with Crippen molar-refractivity contribution in [2.75, 3.05) is 0 Å². The van der Waals surface area contributed by atoms with Crippen molar-refractivity contribution in [3.63, 3.8) is 0 Å². The van der Waals surface area contributed by atoms with Crippen molar-refractivity contribution in [1.82, 2.24) is 0 Å². The normalized spacial score (nSPS) is 8.87. The molecule has 0 saturated carbocycles. The second kappa shape index (κ2) is 7.04. The van der Waals surface area contributed by atoms with Gasteiger partial charge in [-0.15, -0.1) is 0 Å². The Morgan fingerprint density at radius 1 is 1.13 bits per heavy atom. The smallest absolute Gasteiger partial charge is 0.294 e. The van der Waals surface area contributed by atoms with Crippen molar-refractivity contribution >= 4 is 16.4 Å². The number of benzene rings is 1. The summed E-state index contributed by atoms with van der Waals surface area (Å²) in [6.07, 6.45) is 0.509. The fourth-order valence-electron chi connectivity index (χ4n) is 0.748. The van der Waals surface area contributed by atoms with E-state index in [0.717, 1.165) is 6.07 Å². The highest BCUT2D eigenvalue weighted by Crippen LogP contribution is 2.09. The van der Waals surface area contributed by atoms with E-state index in [4.69, 9.17) is 4.55 Å². The molecule has 0 atom stereocenters. The first-order valence-electron chi connectivity index (χ1n) is 3.07. The number of carbonyl (C=O) groups is 1. The van der Waals surface area contributed by atoms with E-state index in [1.54, 1.807) is 0 Å². The summed E-state index contributed by atoms with van der Waals surface area (Å²) in [5, 5.41) is 0. The minimum absolute atomic E-state index is 0. The lowest BCUT2D eigenvalue weighted by atomic mass is 10.2. The number of aldehydes is 1. The highest BCUT2D eigenvalue weighted by atomic mass is 32.2. The average Bonchev–Trinajstić information content (AvgIpc) is 2.03. The lowest BCUT2D eigenvalue weighted by Gasteiger charge is -1.95. The minimum Gasteiger partial charge on any atom is -0.412 e. The van der Waals surface area contributed by atoms with Gasteiger partial charge in [0, 0.05) is 5.56 Å². The molecule has 7 nitrogen and oxygen atoms in total. The van der Waals surface area contributed by atoms with E-state index in [9.17, 15) is 13.2 Å². The lowest BCUT2D eigenvalue weighted by Crippen LogP contribution is -1.98. The summed E-state index contributed by atoms with van der Waals surface area (Å²) in [5.41, 5.74) is 0.213. The van der Waals surface area contributed by atoms with Gasteiger partial charge < -0.3 is 16.4 Å². The summed E-state index contributed by atoms with van der Waals surface area (Å²) in [4.78, 5) is 9.94. The number of hydrogen-bond acceptors (Lipinski definition) is 3. The van der Waals surface area contributed by atoms with Gasteiger partial charge in [0.25, 0.3) is 10.1 Å². The van der Waals surface area contributed by atoms with E-state index < -0.39 is 10.1 Å². The van der Waals surface area contributed by atoms with Crippen LogP contribution in [0.2, 0.25) is 0 Å². The van der Waals surface area contributed by atoms with E-state index in [1.165, 1.54) is 18.2 Å². The highest BCUT2D eigenvalue weighted by Gasteiger charge is 2.08. The molecular weight excluding hydrogens is 228 g/mol. The Bertz CT molecular complexity index is 398. The fraction of sp³-hybridized carbons (Fsp3) is 0. The highest BCUT2D eigenvalue weighted by molar-refractivity contribution is 7.85. The van der Waals surface area contributed by atoms with Crippen molar-refractivity contribution in [3.8, 4) is 0 Å². The molecule has 0 aliphatic carbocycles. The van der Waals surface area contributed by atoms with Crippen LogP contribution in [0.4, 0.5) is 0 Å². The third-order valence-electron chi connectivity index (χ3n) is 1.29. The molecule has 7 N–H and O–H groups in total. The molecular formula is C7H12O7S. The SMILES string of the molecule is O.O.O.O=Cc1cccc(S(=O)(=O)O)c1. The van der Waals surface area contributed by atoms with E-state index in [-0.39, 0.29) is 26.9 Å². The molecule has 1 aromatic rings. The van der Waals surface area contributed by atoms with Crippen molar-refractivity contribution in [3.05, 3.63) is 29.8 Å². The summed E-state index contributed by atoms with van der Waals surface area (Å²) in [7, 11) is -4.19. The summed E-state index contributed by atoms with van der Waals surface area (Å²) in [5.74, 6) is 0. The standard InChI is InChI=1S/C7H6O4S.3H2O/c8-5-6-2-1-3-7(4-6)12(9,10)11;;;/h1-5H,(H,9,10,11);3*1H2. The third kappa shape index (κ3) is 5.20. The van der Waals surface area contributed by atoms with Crippen LogP contribution in [0.15, 0.2) is 29.2 Å². The molecule has 0 saturated heterocycles. The van der Waals surface area contributed by atoms with Gasteiger partial charge in [0.15, 0.2) is 0 Å². The predicted octanol–water partition coefficient (Wildman–Crippen LogP) is -1.73. The van der Waals surface area contributed by atoms with Crippen molar-refractivity contribution in [1.29, 1.82) is 0 Å². The van der Waals surface area contributed by atoms with Gasteiger partial charge in [-0.2, -0.15) is 8.42 Å². The van der Waals surface area contributed by atoms with E-state index in [2.05, 4.69) is 0 Å². The van der Waals surface area contributed by atoms with Gasteiger partial charge in [-0.25, -0.2) is 0 Å². The maximum Gasteiger partial charge on any atom is 0.294 e.